The van der Waals surface area contributed by atoms with Crippen molar-refractivity contribution in [2.45, 2.75) is 45.6 Å². The lowest BCUT2D eigenvalue weighted by molar-refractivity contribution is 0.0293. The second kappa shape index (κ2) is 6.38. The number of hydrogen-bond acceptors (Lipinski definition) is 3. The maximum absolute atomic E-state index is 5.63. The average Bonchev–Trinajstić information content (AvgIpc) is 2.21. The molecule has 0 aromatic heterocycles. The van der Waals surface area contributed by atoms with Gasteiger partial charge in [0.1, 0.15) is 0 Å². The van der Waals surface area contributed by atoms with Crippen LogP contribution in [-0.2, 0) is 4.74 Å². The Morgan fingerprint density at radius 1 is 1.57 bits per heavy atom. The summed E-state index contributed by atoms with van der Waals surface area (Å²) in [6.07, 6.45) is 4.91. The van der Waals surface area contributed by atoms with Crippen molar-refractivity contribution in [2.24, 2.45) is 17.7 Å². The summed E-state index contributed by atoms with van der Waals surface area (Å²) in [7, 11) is 0. The van der Waals surface area contributed by atoms with Gasteiger partial charge in [-0.25, -0.2) is 0 Å². The molecular formula is C11H24N2O. The molecule has 0 saturated carbocycles. The van der Waals surface area contributed by atoms with Gasteiger partial charge in [-0.15, -0.1) is 0 Å². The summed E-state index contributed by atoms with van der Waals surface area (Å²) in [5, 5.41) is 0. The predicted octanol–water partition coefficient (Wildman–Crippen LogP) is 1.68. The van der Waals surface area contributed by atoms with Gasteiger partial charge in [-0.05, 0) is 31.1 Å². The van der Waals surface area contributed by atoms with Gasteiger partial charge < -0.3 is 4.74 Å². The van der Waals surface area contributed by atoms with Crippen LogP contribution >= 0.6 is 0 Å². The zero-order chi connectivity index (χ0) is 10.4. The largest absolute Gasteiger partial charge is 0.381 e. The number of hydrazine groups is 1. The normalized spacial score (nSPS) is 27.2. The second-order valence-electron chi connectivity index (χ2n) is 4.44. The quantitative estimate of drug-likeness (QED) is 0.524. The van der Waals surface area contributed by atoms with E-state index in [1.54, 1.807) is 0 Å². The van der Waals surface area contributed by atoms with Gasteiger partial charge in [0, 0.05) is 12.6 Å². The van der Waals surface area contributed by atoms with Gasteiger partial charge in [0.05, 0.1) is 6.61 Å². The van der Waals surface area contributed by atoms with Crippen LogP contribution in [0.15, 0.2) is 0 Å². The number of nitrogens with two attached hydrogens (primary N) is 1. The van der Waals surface area contributed by atoms with Gasteiger partial charge in [0.15, 0.2) is 0 Å². The van der Waals surface area contributed by atoms with Gasteiger partial charge in [-0.2, -0.15) is 0 Å². The third-order valence-corrected chi connectivity index (χ3v) is 3.25. The molecule has 0 spiro atoms. The Balaban J connectivity index is 2.41. The van der Waals surface area contributed by atoms with Crippen molar-refractivity contribution >= 4 is 0 Å². The van der Waals surface area contributed by atoms with E-state index in [1.807, 2.05) is 0 Å². The molecule has 14 heavy (non-hydrogen) atoms. The standard InChI is InChI=1S/C11H24N2O/c1-3-5-9(2)11(13-12)10-6-4-7-14-8-10/h9-11,13H,3-8,12H2,1-2H3. The highest BCUT2D eigenvalue weighted by Gasteiger charge is 2.27. The van der Waals surface area contributed by atoms with Gasteiger partial charge in [-0.3, -0.25) is 11.3 Å². The van der Waals surface area contributed by atoms with Crippen LogP contribution in [0.5, 0.6) is 0 Å². The van der Waals surface area contributed by atoms with Crippen LogP contribution in [0.1, 0.15) is 39.5 Å². The second-order valence-corrected chi connectivity index (χ2v) is 4.44. The molecule has 0 aromatic rings. The summed E-state index contributed by atoms with van der Waals surface area (Å²) in [5.41, 5.74) is 2.98. The molecule has 3 heteroatoms. The number of hydrogen-bond donors (Lipinski definition) is 2. The summed E-state index contributed by atoms with van der Waals surface area (Å²) in [6.45, 7) is 6.31. The molecule has 1 saturated heterocycles. The minimum absolute atomic E-state index is 0.426. The lowest BCUT2D eigenvalue weighted by Crippen LogP contribution is -2.47. The Morgan fingerprint density at radius 2 is 2.36 bits per heavy atom. The molecule has 0 amide bonds. The Labute approximate surface area is 87.4 Å². The van der Waals surface area contributed by atoms with Crippen molar-refractivity contribution in [3.05, 3.63) is 0 Å². The first kappa shape index (κ1) is 12.0. The van der Waals surface area contributed by atoms with E-state index in [1.165, 1.54) is 25.7 Å². The maximum Gasteiger partial charge on any atom is 0.0509 e. The summed E-state index contributed by atoms with van der Waals surface area (Å²) in [5.74, 6) is 6.89. The van der Waals surface area contributed by atoms with Crippen LogP contribution in [0.2, 0.25) is 0 Å². The molecule has 1 aliphatic heterocycles. The van der Waals surface area contributed by atoms with Crippen LogP contribution in [0.4, 0.5) is 0 Å². The van der Waals surface area contributed by atoms with E-state index in [9.17, 15) is 0 Å². The highest BCUT2D eigenvalue weighted by molar-refractivity contribution is 4.80. The fourth-order valence-electron chi connectivity index (χ4n) is 2.45. The first-order valence-corrected chi connectivity index (χ1v) is 5.83. The molecule has 3 unspecified atom stereocenters. The minimum atomic E-state index is 0.426. The number of nitrogens with one attached hydrogen (secondary N) is 1. The van der Waals surface area contributed by atoms with E-state index in [2.05, 4.69) is 19.3 Å². The van der Waals surface area contributed by atoms with Crippen LogP contribution in [-0.4, -0.2) is 19.3 Å². The predicted molar refractivity (Wildman–Crippen MR) is 58.7 cm³/mol. The maximum atomic E-state index is 5.63. The van der Waals surface area contributed by atoms with Crippen LogP contribution < -0.4 is 11.3 Å². The lowest BCUT2D eigenvalue weighted by atomic mass is 9.84. The summed E-state index contributed by atoms with van der Waals surface area (Å²) in [6, 6.07) is 0.426. The first-order valence-electron chi connectivity index (χ1n) is 5.83. The van der Waals surface area contributed by atoms with E-state index in [0.717, 1.165) is 13.2 Å². The lowest BCUT2D eigenvalue weighted by Gasteiger charge is -2.33. The van der Waals surface area contributed by atoms with E-state index >= 15 is 0 Å². The molecule has 0 aliphatic carbocycles. The molecule has 0 radical (unpaired) electrons. The van der Waals surface area contributed by atoms with E-state index in [-0.39, 0.29) is 0 Å². The molecule has 3 N–H and O–H groups in total. The molecule has 3 atom stereocenters. The van der Waals surface area contributed by atoms with Crippen molar-refractivity contribution < 1.29 is 4.74 Å². The molecule has 1 aliphatic rings. The Hall–Kier alpha value is -0.120. The SMILES string of the molecule is CCCC(C)C(NN)C1CCCOC1. The number of ether oxygens (including phenoxy) is 1. The zero-order valence-electron chi connectivity index (χ0n) is 9.46. The molecular weight excluding hydrogens is 176 g/mol. The monoisotopic (exact) mass is 200 g/mol. The molecule has 0 aromatic carbocycles. The Kier molecular flexibility index (Phi) is 5.45. The topological polar surface area (TPSA) is 47.3 Å². The molecule has 3 nitrogen and oxygen atoms in total. The van der Waals surface area contributed by atoms with Crippen LogP contribution in [0.25, 0.3) is 0 Å². The van der Waals surface area contributed by atoms with Crippen molar-refractivity contribution in [3.8, 4) is 0 Å². The fraction of sp³-hybridized carbons (Fsp3) is 1.00. The van der Waals surface area contributed by atoms with Crippen LogP contribution in [0.3, 0.4) is 0 Å². The van der Waals surface area contributed by atoms with Crippen molar-refractivity contribution in [1.82, 2.24) is 5.43 Å². The van der Waals surface area contributed by atoms with Gasteiger partial charge in [0.25, 0.3) is 0 Å². The molecule has 84 valence electrons. The Bertz CT molecular complexity index is 146. The average molecular weight is 200 g/mol. The third-order valence-electron chi connectivity index (χ3n) is 3.25. The molecule has 1 heterocycles. The fourth-order valence-corrected chi connectivity index (χ4v) is 2.45. The summed E-state index contributed by atoms with van der Waals surface area (Å²) < 4.78 is 5.50. The summed E-state index contributed by atoms with van der Waals surface area (Å²) >= 11 is 0. The van der Waals surface area contributed by atoms with E-state index < -0.39 is 0 Å². The summed E-state index contributed by atoms with van der Waals surface area (Å²) in [4.78, 5) is 0. The van der Waals surface area contributed by atoms with Crippen LogP contribution in [0, 0.1) is 11.8 Å². The van der Waals surface area contributed by atoms with E-state index in [0.29, 0.717) is 17.9 Å². The third kappa shape index (κ3) is 3.23. The smallest absolute Gasteiger partial charge is 0.0509 e. The number of rotatable bonds is 5. The van der Waals surface area contributed by atoms with E-state index in [4.69, 9.17) is 10.6 Å². The molecule has 0 bridgehead atoms. The van der Waals surface area contributed by atoms with Crippen molar-refractivity contribution in [1.29, 1.82) is 0 Å². The highest BCUT2D eigenvalue weighted by atomic mass is 16.5. The molecule has 1 rings (SSSR count). The van der Waals surface area contributed by atoms with Gasteiger partial charge >= 0.3 is 0 Å². The Morgan fingerprint density at radius 3 is 2.86 bits per heavy atom. The first-order chi connectivity index (χ1) is 6.79. The minimum Gasteiger partial charge on any atom is -0.381 e. The highest BCUT2D eigenvalue weighted by Crippen LogP contribution is 2.24. The van der Waals surface area contributed by atoms with Crippen molar-refractivity contribution in [2.75, 3.05) is 13.2 Å². The van der Waals surface area contributed by atoms with Crippen molar-refractivity contribution in [3.63, 3.8) is 0 Å². The van der Waals surface area contributed by atoms with Gasteiger partial charge in [-0.1, -0.05) is 20.3 Å². The molecule has 1 fully saturated rings. The zero-order valence-corrected chi connectivity index (χ0v) is 9.46. The van der Waals surface area contributed by atoms with Gasteiger partial charge in [0.2, 0.25) is 0 Å².